The number of likely N-dealkylation sites (tertiary alicyclic amines) is 2. The first-order valence-corrected chi connectivity index (χ1v) is 13.0. The van der Waals surface area contributed by atoms with Crippen molar-refractivity contribution in [1.29, 1.82) is 0 Å². The number of carbonyl (C=O) groups excluding carboxylic acids is 1. The SMILES string of the molecule is O=C(c1cc(OCC2CCOCC2)nc(C2CC2)c1)N1C[C@@H]2CN(Cc3ccccc3)C[C@H]2C1. The van der Waals surface area contributed by atoms with Crippen LogP contribution in [0.25, 0.3) is 0 Å². The Bertz CT molecular complexity index is 989. The fourth-order valence-electron chi connectivity index (χ4n) is 5.84. The number of hydrogen-bond acceptors (Lipinski definition) is 5. The molecule has 1 amide bonds. The van der Waals surface area contributed by atoms with Gasteiger partial charge in [-0.3, -0.25) is 9.69 Å². The van der Waals surface area contributed by atoms with Crippen LogP contribution in [-0.4, -0.2) is 66.7 Å². The van der Waals surface area contributed by atoms with E-state index in [0.29, 0.717) is 36.2 Å². The van der Waals surface area contributed by atoms with Gasteiger partial charge in [0, 0.05) is 69.2 Å². The first-order chi connectivity index (χ1) is 16.7. The van der Waals surface area contributed by atoms with Gasteiger partial charge in [0.05, 0.1) is 6.61 Å². The maximum Gasteiger partial charge on any atom is 0.254 e. The maximum absolute atomic E-state index is 13.5. The van der Waals surface area contributed by atoms with Crippen molar-refractivity contribution in [2.75, 3.05) is 46.0 Å². The second-order valence-corrected chi connectivity index (χ2v) is 10.7. The number of aromatic nitrogens is 1. The summed E-state index contributed by atoms with van der Waals surface area (Å²) in [6.45, 7) is 7.15. The molecule has 0 spiro atoms. The lowest BCUT2D eigenvalue weighted by Crippen LogP contribution is -2.33. The van der Waals surface area contributed by atoms with Crippen molar-refractivity contribution in [2.45, 2.75) is 38.1 Å². The van der Waals surface area contributed by atoms with E-state index in [1.807, 2.05) is 12.1 Å². The number of pyridine rings is 1. The predicted molar refractivity (Wildman–Crippen MR) is 130 cm³/mol. The van der Waals surface area contributed by atoms with Crippen molar-refractivity contribution < 1.29 is 14.3 Å². The lowest BCUT2D eigenvalue weighted by Gasteiger charge is -2.23. The second kappa shape index (κ2) is 9.67. The van der Waals surface area contributed by atoms with Gasteiger partial charge in [-0.25, -0.2) is 4.98 Å². The normalized spacial score (nSPS) is 25.5. The van der Waals surface area contributed by atoms with Crippen molar-refractivity contribution >= 4 is 5.91 Å². The monoisotopic (exact) mass is 461 g/mol. The number of ether oxygens (including phenoxy) is 2. The van der Waals surface area contributed by atoms with E-state index in [1.54, 1.807) is 0 Å². The van der Waals surface area contributed by atoms with Gasteiger partial charge in [0.25, 0.3) is 5.91 Å². The van der Waals surface area contributed by atoms with E-state index in [9.17, 15) is 4.79 Å². The van der Waals surface area contributed by atoms with Gasteiger partial charge in [-0.05, 0) is 55.1 Å². The van der Waals surface area contributed by atoms with Gasteiger partial charge in [-0.2, -0.15) is 0 Å². The molecule has 3 aliphatic heterocycles. The van der Waals surface area contributed by atoms with Gasteiger partial charge in [0.15, 0.2) is 0 Å². The van der Waals surface area contributed by atoms with Crippen LogP contribution in [0.5, 0.6) is 5.88 Å². The molecule has 0 radical (unpaired) electrons. The Labute approximate surface area is 202 Å². The van der Waals surface area contributed by atoms with Gasteiger partial charge in [0.1, 0.15) is 0 Å². The van der Waals surface area contributed by atoms with Gasteiger partial charge >= 0.3 is 0 Å². The molecule has 4 heterocycles. The van der Waals surface area contributed by atoms with Crippen molar-refractivity contribution in [2.24, 2.45) is 17.8 Å². The molecular formula is C28H35N3O3. The zero-order valence-corrected chi connectivity index (χ0v) is 19.9. The minimum Gasteiger partial charge on any atom is -0.477 e. The summed E-state index contributed by atoms with van der Waals surface area (Å²) in [6, 6.07) is 14.6. The fourth-order valence-corrected chi connectivity index (χ4v) is 5.84. The number of hydrogen-bond donors (Lipinski definition) is 0. The molecule has 1 aromatic heterocycles. The Morgan fingerprint density at radius 1 is 0.971 bits per heavy atom. The van der Waals surface area contributed by atoms with Crippen LogP contribution in [-0.2, 0) is 11.3 Å². The maximum atomic E-state index is 13.5. The highest BCUT2D eigenvalue weighted by Crippen LogP contribution is 2.40. The molecule has 1 saturated carbocycles. The number of rotatable bonds is 7. The van der Waals surface area contributed by atoms with E-state index in [-0.39, 0.29) is 5.91 Å². The van der Waals surface area contributed by atoms with Crippen LogP contribution in [0.1, 0.15) is 53.2 Å². The van der Waals surface area contributed by atoms with Crippen molar-refractivity contribution in [3.8, 4) is 5.88 Å². The molecule has 4 aliphatic rings. The molecule has 1 aliphatic carbocycles. The fraction of sp³-hybridized carbons (Fsp3) is 0.571. The molecule has 0 N–H and O–H groups in total. The van der Waals surface area contributed by atoms with E-state index in [4.69, 9.17) is 14.5 Å². The molecule has 2 aromatic rings. The lowest BCUT2D eigenvalue weighted by molar-refractivity contribution is 0.0490. The third-order valence-electron chi connectivity index (χ3n) is 7.97. The average Bonchev–Trinajstić information content (AvgIpc) is 3.56. The quantitative estimate of drug-likeness (QED) is 0.625. The van der Waals surface area contributed by atoms with E-state index in [2.05, 4.69) is 40.1 Å². The molecule has 6 rings (SSSR count). The molecule has 180 valence electrons. The summed E-state index contributed by atoms with van der Waals surface area (Å²) in [4.78, 5) is 22.9. The van der Waals surface area contributed by atoms with Crippen molar-refractivity contribution in [1.82, 2.24) is 14.8 Å². The van der Waals surface area contributed by atoms with E-state index < -0.39 is 0 Å². The predicted octanol–water partition coefficient (Wildman–Crippen LogP) is 3.97. The highest BCUT2D eigenvalue weighted by Gasteiger charge is 2.42. The molecule has 2 atom stereocenters. The van der Waals surface area contributed by atoms with E-state index in [0.717, 1.165) is 82.9 Å². The zero-order valence-electron chi connectivity index (χ0n) is 19.9. The molecule has 1 aromatic carbocycles. The van der Waals surface area contributed by atoms with Crippen molar-refractivity contribution in [3.05, 3.63) is 59.3 Å². The molecule has 6 heteroatoms. The summed E-state index contributed by atoms with van der Waals surface area (Å²) < 4.78 is 11.6. The Kier molecular flexibility index (Phi) is 6.27. The Balaban J connectivity index is 1.09. The molecular weight excluding hydrogens is 426 g/mol. The van der Waals surface area contributed by atoms with Crippen LogP contribution in [0.4, 0.5) is 0 Å². The number of fused-ring (bicyclic) bond motifs is 1. The Morgan fingerprint density at radius 3 is 2.41 bits per heavy atom. The summed E-state index contributed by atoms with van der Waals surface area (Å²) in [6.07, 6.45) is 4.39. The third-order valence-corrected chi connectivity index (χ3v) is 7.97. The minimum absolute atomic E-state index is 0.143. The van der Waals surface area contributed by atoms with E-state index in [1.165, 1.54) is 5.56 Å². The minimum atomic E-state index is 0.143. The van der Waals surface area contributed by atoms with Crippen LogP contribution in [0, 0.1) is 17.8 Å². The van der Waals surface area contributed by atoms with Crippen molar-refractivity contribution in [3.63, 3.8) is 0 Å². The zero-order chi connectivity index (χ0) is 22.9. The molecule has 6 nitrogen and oxygen atoms in total. The first kappa shape index (κ1) is 22.1. The average molecular weight is 462 g/mol. The summed E-state index contributed by atoms with van der Waals surface area (Å²) >= 11 is 0. The third kappa shape index (κ3) is 4.98. The summed E-state index contributed by atoms with van der Waals surface area (Å²) in [5.41, 5.74) is 3.15. The lowest BCUT2D eigenvalue weighted by atomic mass is 10.0. The topological polar surface area (TPSA) is 54.9 Å². The summed E-state index contributed by atoms with van der Waals surface area (Å²) in [5, 5.41) is 0. The van der Waals surface area contributed by atoms with Crippen LogP contribution in [0.3, 0.4) is 0 Å². The summed E-state index contributed by atoms with van der Waals surface area (Å²) in [5.74, 6) is 2.90. The van der Waals surface area contributed by atoms with E-state index >= 15 is 0 Å². The Morgan fingerprint density at radius 2 is 1.71 bits per heavy atom. The number of benzene rings is 1. The van der Waals surface area contributed by atoms with Crippen LogP contribution >= 0.6 is 0 Å². The smallest absolute Gasteiger partial charge is 0.254 e. The van der Waals surface area contributed by atoms with Crippen LogP contribution in [0.15, 0.2) is 42.5 Å². The molecule has 0 unspecified atom stereocenters. The Hall–Kier alpha value is -2.44. The van der Waals surface area contributed by atoms with Gasteiger partial charge in [-0.1, -0.05) is 30.3 Å². The largest absolute Gasteiger partial charge is 0.477 e. The first-order valence-electron chi connectivity index (χ1n) is 13.0. The second-order valence-electron chi connectivity index (χ2n) is 10.7. The van der Waals surface area contributed by atoms with Crippen LogP contribution in [0.2, 0.25) is 0 Å². The molecule has 0 bridgehead atoms. The highest BCUT2D eigenvalue weighted by molar-refractivity contribution is 5.95. The number of nitrogens with zero attached hydrogens (tertiary/aromatic N) is 3. The van der Waals surface area contributed by atoms with Gasteiger partial charge in [-0.15, -0.1) is 0 Å². The van der Waals surface area contributed by atoms with Gasteiger partial charge in [0.2, 0.25) is 5.88 Å². The highest BCUT2D eigenvalue weighted by atomic mass is 16.5. The molecule has 4 fully saturated rings. The van der Waals surface area contributed by atoms with Gasteiger partial charge < -0.3 is 14.4 Å². The standard InChI is InChI=1S/C28H35N3O3/c32-28(31-17-24-15-30(16-25(24)18-31)14-20-4-2-1-3-5-20)23-12-26(22-6-7-22)29-27(13-23)34-19-21-8-10-33-11-9-21/h1-5,12-13,21-22,24-25H,6-11,14-19H2/t24-,25-/m0/s1. The number of amides is 1. The van der Waals surface area contributed by atoms with Crippen LogP contribution < -0.4 is 4.74 Å². The number of carbonyl (C=O) groups is 1. The molecule has 34 heavy (non-hydrogen) atoms. The summed E-state index contributed by atoms with van der Waals surface area (Å²) in [7, 11) is 0. The molecule has 3 saturated heterocycles.